The van der Waals surface area contributed by atoms with Gasteiger partial charge in [-0.2, -0.15) is 0 Å². The molecule has 0 fully saturated rings. The second-order valence-electron chi connectivity index (χ2n) is 5.01. The van der Waals surface area contributed by atoms with Crippen LogP contribution in [0.2, 0.25) is 0 Å². The Kier molecular flexibility index (Phi) is 3.59. The molecule has 0 bridgehead atoms. The average Bonchev–Trinajstić information content (AvgIpc) is 2.62. The van der Waals surface area contributed by atoms with Crippen LogP contribution in [0.4, 0.5) is 0 Å². The van der Waals surface area contributed by atoms with E-state index in [0.29, 0.717) is 6.54 Å². The summed E-state index contributed by atoms with van der Waals surface area (Å²) in [7, 11) is -2.97. The summed E-state index contributed by atoms with van der Waals surface area (Å²) in [5, 5.41) is 4.58. The summed E-state index contributed by atoms with van der Waals surface area (Å²) >= 11 is 0. The van der Waals surface area contributed by atoms with E-state index in [9.17, 15) is 8.42 Å². The van der Waals surface area contributed by atoms with Crippen LogP contribution in [-0.2, 0) is 16.4 Å². The molecule has 1 aliphatic rings. The first-order valence-electron chi connectivity index (χ1n) is 6.08. The quantitative estimate of drug-likeness (QED) is 0.909. The molecule has 0 amide bonds. The summed E-state index contributed by atoms with van der Waals surface area (Å²) in [6.07, 6.45) is 1.73. The van der Waals surface area contributed by atoms with Crippen molar-refractivity contribution in [3.63, 3.8) is 0 Å². The van der Waals surface area contributed by atoms with Crippen molar-refractivity contribution in [2.24, 2.45) is 0 Å². The highest BCUT2D eigenvalue weighted by molar-refractivity contribution is 7.94. The smallest absolute Gasteiger partial charge is 0.173 e. The zero-order valence-electron chi connectivity index (χ0n) is 11.0. The molecule has 1 aromatic rings. The highest BCUT2D eigenvalue weighted by atomic mass is 32.2. The Morgan fingerprint density at radius 3 is 2.44 bits per heavy atom. The minimum atomic E-state index is -2.97. The van der Waals surface area contributed by atoms with E-state index in [0.717, 1.165) is 0 Å². The number of aryl methyl sites for hydroxylation is 3. The fraction of sp³-hybridized carbons (Fsp3) is 0.429. The predicted octanol–water partition coefficient (Wildman–Crippen LogP) is 2.01. The molecule has 0 saturated carbocycles. The van der Waals surface area contributed by atoms with Crippen molar-refractivity contribution in [3.05, 3.63) is 45.9 Å². The zero-order chi connectivity index (χ0) is 13.3. The second kappa shape index (κ2) is 4.86. The maximum atomic E-state index is 11.3. The summed E-state index contributed by atoms with van der Waals surface area (Å²) in [6, 6.07) is 4.29. The van der Waals surface area contributed by atoms with Gasteiger partial charge < -0.3 is 5.32 Å². The predicted molar refractivity (Wildman–Crippen MR) is 74.2 cm³/mol. The van der Waals surface area contributed by atoms with Crippen LogP contribution in [0.15, 0.2) is 23.6 Å². The van der Waals surface area contributed by atoms with Crippen LogP contribution in [0.5, 0.6) is 0 Å². The van der Waals surface area contributed by atoms with Crippen molar-refractivity contribution < 1.29 is 8.42 Å². The third-order valence-electron chi connectivity index (χ3n) is 3.44. The van der Waals surface area contributed by atoms with E-state index < -0.39 is 9.84 Å². The molecule has 1 unspecified atom stereocenters. The van der Waals surface area contributed by atoms with Gasteiger partial charge in [-0.25, -0.2) is 8.42 Å². The van der Waals surface area contributed by atoms with Gasteiger partial charge in [-0.1, -0.05) is 18.2 Å². The van der Waals surface area contributed by atoms with Gasteiger partial charge in [-0.05, 0) is 43.0 Å². The van der Waals surface area contributed by atoms with E-state index in [1.807, 2.05) is 0 Å². The van der Waals surface area contributed by atoms with Crippen molar-refractivity contribution in [2.75, 3.05) is 5.75 Å². The molecular formula is C14H19NO2S. The lowest BCUT2D eigenvalue weighted by Crippen LogP contribution is -2.29. The summed E-state index contributed by atoms with van der Waals surface area (Å²) in [6.45, 7) is 6.99. The van der Waals surface area contributed by atoms with Crippen LogP contribution < -0.4 is 5.32 Å². The minimum absolute atomic E-state index is 0.0593. The summed E-state index contributed by atoms with van der Waals surface area (Å²) in [5.41, 5.74) is 5.04. The van der Waals surface area contributed by atoms with Crippen LogP contribution in [-0.4, -0.2) is 20.2 Å². The van der Waals surface area contributed by atoms with Crippen molar-refractivity contribution in [2.45, 2.75) is 33.4 Å². The summed E-state index contributed by atoms with van der Waals surface area (Å²) in [4.78, 5) is 0. The van der Waals surface area contributed by atoms with E-state index in [4.69, 9.17) is 0 Å². The zero-order valence-corrected chi connectivity index (χ0v) is 11.8. The van der Waals surface area contributed by atoms with Gasteiger partial charge in [0.15, 0.2) is 9.84 Å². The maximum Gasteiger partial charge on any atom is 0.173 e. The largest absolute Gasteiger partial charge is 0.305 e. The van der Waals surface area contributed by atoms with Gasteiger partial charge in [0.25, 0.3) is 0 Å². The van der Waals surface area contributed by atoms with Gasteiger partial charge in [-0.15, -0.1) is 0 Å². The van der Waals surface area contributed by atoms with Crippen molar-refractivity contribution in [1.29, 1.82) is 0 Å². The Bertz CT molecular complexity index is 588. The Morgan fingerprint density at radius 1 is 1.17 bits per heavy atom. The van der Waals surface area contributed by atoms with Gasteiger partial charge >= 0.3 is 0 Å². The number of nitrogens with one attached hydrogen (secondary N) is 1. The molecule has 1 N–H and O–H groups in total. The third kappa shape index (κ3) is 3.00. The lowest BCUT2D eigenvalue weighted by molar-refractivity contribution is 0.590. The van der Waals surface area contributed by atoms with Crippen LogP contribution in [0.3, 0.4) is 0 Å². The molecule has 98 valence electrons. The molecule has 4 heteroatoms. The van der Waals surface area contributed by atoms with Crippen LogP contribution in [0.25, 0.3) is 0 Å². The minimum Gasteiger partial charge on any atom is -0.305 e. The molecule has 18 heavy (non-hydrogen) atoms. The SMILES string of the molecule is Cc1cc(C)c(CNC2C=CS(=O)(=O)C2)cc1C. The van der Waals surface area contributed by atoms with Crippen LogP contribution in [0, 0.1) is 20.8 Å². The molecule has 0 spiro atoms. The van der Waals surface area contributed by atoms with Gasteiger partial charge in [0.05, 0.1) is 5.75 Å². The maximum absolute atomic E-state index is 11.3. The topological polar surface area (TPSA) is 46.2 Å². The fourth-order valence-electron chi connectivity index (χ4n) is 2.15. The molecule has 0 saturated heterocycles. The number of benzene rings is 1. The Hall–Kier alpha value is -1.13. The van der Waals surface area contributed by atoms with Crippen molar-refractivity contribution in [3.8, 4) is 0 Å². The molecule has 1 atom stereocenters. The molecular weight excluding hydrogens is 246 g/mol. The number of sulfone groups is 1. The highest BCUT2D eigenvalue weighted by Crippen LogP contribution is 2.16. The lowest BCUT2D eigenvalue weighted by Gasteiger charge is -2.13. The van der Waals surface area contributed by atoms with E-state index in [1.54, 1.807) is 6.08 Å². The first kappa shape index (κ1) is 13.3. The molecule has 3 nitrogen and oxygen atoms in total. The van der Waals surface area contributed by atoms with Gasteiger partial charge in [0.2, 0.25) is 0 Å². The van der Waals surface area contributed by atoms with Gasteiger partial charge in [-0.3, -0.25) is 0 Å². The monoisotopic (exact) mass is 265 g/mol. The normalized spacial score (nSPS) is 21.4. The van der Waals surface area contributed by atoms with Crippen molar-refractivity contribution >= 4 is 9.84 Å². The number of hydrogen-bond acceptors (Lipinski definition) is 3. The number of hydrogen-bond donors (Lipinski definition) is 1. The highest BCUT2D eigenvalue weighted by Gasteiger charge is 2.20. The molecule has 1 aromatic carbocycles. The molecule has 1 aliphatic heterocycles. The standard InChI is InChI=1S/C14H19NO2S/c1-10-6-12(3)13(7-11(10)2)8-15-14-4-5-18(16,17)9-14/h4-7,14-15H,8-9H2,1-3H3. The van der Waals surface area contributed by atoms with Gasteiger partial charge in [0.1, 0.15) is 0 Å². The molecule has 0 aliphatic carbocycles. The Balaban J connectivity index is 2.04. The van der Waals surface area contributed by atoms with Crippen molar-refractivity contribution in [1.82, 2.24) is 5.32 Å². The Morgan fingerprint density at radius 2 is 1.83 bits per heavy atom. The second-order valence-corrected chi connectivity index (χ2v) is 6.94. The van der Waals surface area contributed by atoms with E-state index >= 15 is 0 Å². The third-order valence-corrected chi connectivity index (χ3v) is 4.83. The van der Waals surface area contributed by atoms with E-state index in [-0.39, 0.29) is 11.8 Å². The van der Waals surface area contributed by atoms with E-state index in [1.165, 1.54) is 27.7 Å². The summed E-state index contributed by atoms with van der Waals surface area (Å²) < 4.78 is 22.6. The first-order valence-corrected chi connectivity index (χ1v) is 7.80. The summed E-state index contributed by atoms with van der Waals surface area (Å²) in [5.74, 6) is 0.177. The van der Waals surface area contributed by atoms with Gasteiger partial charge in [0, 0.05) is 18.0 Å². The molecule has 0 radical (unpaired) electrons. The Labute approximate surface area is 109 Å². The molecule has 2 rings (SSSR count). The lowest BCUT2D eigenvalue weighted by atomic mass is 10.0. The molecule has 0 aromatic heterocycles. The first-order chi connectivity index (χ1) is 8.37. The number of rotatable bonds is 3. The van der Waals surface area contributed by atoms with Crippen LogP contribution >= 0.6 is 0 Å². The molecule has 1 heterocycles. The average molecular weight is 265 g/mol. The fourth-order valence-corrected chi connectivity index (χ4v) is 3.42. The van der Waals surface area contributed by atoms with Crippen LogP contribution in [0.1, 0.15) is 22.3 Å². The van der Waals surface area contributed by atoms with E-state index in [2.05, 4.69) is 38.2 Å².